The minimum atomic E-state index is -0.306. The highest BCUT2D eigenvalue weighted by Gasteiger charge is 2.43. The van der Waals surface area contributed by atoms with Crippen molar-refractivity contribution in [2.24, 2.45) is 0 Å². The third kappa shape index (κ3) is 3.84. The molecular formula is C27H25N3O3. The average Bonchev–Trinajstić information content (AvgIpc) is 3.15. The second-order valence-corrected chi connectivity index (χ2v) is 8.05. The molecule has 5 rings (SSSR count). The minimum absolute atomic E-state index is 0.291. The lowest BCUT2D eigenvalue weighted by Crippen LogP contribution is -2.47. The van der Waals surface area contributed by atoms with E-state index in [0.29, 0.717) is 35.8 Å². The van der Waals surface area contributed by atoms with Crippen LogP contribution in [0.3, 0.4) is 0 Å². The molecule has 0 N–H and O–H groups in total. The molecule has 1 fully saturated rings. The molecule has 2 aliphatic heterocycles. The van der Waals surface area contributed by atoms with Crippen molar-refractivity contribution < 1.29 is 14.3 Å². The Morgan fingerprint density at radius 2 is 1.27 bits per heavy atom. The van der Waals surface area contributed by atoms with Gasteiger partial charge in [0.1, 0.15) is 11.4 Å². The van der Waals surface area contributed by atoms with E-state index >= 15 is 0 Å². The molecule has 0 bridgehead atoms. The van der Waals surface area contributed by atoms with Crippen molar-refractivity contribution in [1.29, 1.82) is 0 Å². The number of carbonyl (C=O) groups is 2. The summed E-state index contributed by atoms with van der Waals surface area (Å²) >= 11 is 0. The number of hydrogen-bond acceptors (Lipinski definition) is 5. The molecule has 0 radical (unpaired) electrons. The first kappa shape index (κ1) is 20.8. The summed E-state index contributed by atoms with van der Waals surface area (Å²) in [7, 11) is 1.57. The van der Waals surface area contributed by atoms with Crippen molar-refractivity contribution in [3.8, 4) is 5.75 Å². The van der Waals surface area contributed by atoms with Gasteiger partial charge in [0.05, 0.1) is 18.4 Å². The van der Waals surface area contributed by atoms with Crippen LogP contribution in [0.1, 0.15) is 5.56 Å². The van der Waals surface area contributed by atoms with Crippen LogP contribution in [-0.2, 0) is 9.59 Å². The number of benzene rings is 3. The molecule has 0 saturated carbocycles. The standard InChI is InChI=1S/C27H25N3O3/c1-33-23-14-8-13-22(19-23)30-26(31)24(20-9-4-2-5-10-20)25(27(30)32)29-17-15-28(16-18-29)21-11-6-3-7-12-21/h2-14,19H,15-18H2,1H3. The molecule has 0 spiro atoms. The van der Waals surface area contributed by atoms with Crippen LogP contribution in [0.25, 0.3) is 5.57 Å². The van der Waals surface area contributed by atoms with E-state index in [0.717, 1.165) is 18.7 Å². The zero-order chi connectivity index (χ0) is 22.8. The first-order valence-corrected chi connectivity index (χ1v) is 11.0. The van der Waals surface area contributed by atoms with Gasteiger partial charge in [0.25, 0.3) is 11.8 Å². The fraction of sp³-hybridized carbons (Fsp3) is 0.185. The minimum Gasteiger partial charge on any atom is -0.497 e. The van der Waals surface area contributed by atoms with Crippen molar-refractivity contribution in [2.45, 2.75) is 0 Å². The summed E-state index contributed by atoms with van der Waals surface area (Å²) in [5.74, 6) is -0.000467. The van der Waals surface area contributed by atoms with Crippen molar-refractivity contribution in [1.82, 2.24) is 4.90 Å². The molecular weight excluding hydrogens is 414 g/mol. The number of ether oxygens (including phenoxy) is 1. The van der Waals surface area contributed by atoms with Crippen molar-refractivity contribution in [3.05, 3.63) is 96.2 Å². The quantitative estimate of drug-likeness (QED) is 0.566. The molecule has 0 aliphatic carbocycles. The van der Waals surface area contributed by atoms with Gasteiger partial charge in [-0.1, -0.05) is 54.6 Å². The van der Waals surface area contributed by atoms with Crippen LogP contribution in [-0.4, -0.2) is 50.0 Å². The number of carbonyl (C=O) groups excluding carboxylic acids is 2. The van der Waals surface area contributed by atoms with Gasteiger partial charge in [0, 0.05) is 37.9 Å². The summed E-state index contributed by atoms with van der Waals surface area (Å²) in [5, 5.41) is 0. The van der Waals surface area contributed by atoms with Crippen molar-refractivity contribution in [3.63, 3.8) is 0 Å². The number of methoxy groups -OCH3 is 1. The number of piperazine rings is 1. The molecule has 0 aromatic heterocycles. The van der Waals surface area contributed by atoms with Crippen molar-refractivity contribution >= 4 is 28.8 Å². The Bertz CT molecular complexity index is 1200. The van der Waals surface area contributed by atoms with E-state index in [4.69, 9.17) is 4.74 Å². The van der Waals surface area contributed by atoms with E-state index in [1.807, 2.05) is 48.5 Å². The molecule has 6 nitrogen and oxygen atoms in total. The molecule has 2 aliphatic rings. The predicted octanol–water partition coefficient (Wildman–Crippen LogP) is 3.80. The summed E-state index contributed by atoms with van der Waals surface area (Å²) < 4.78 is 5.31. The molecule has 6 heteroatoms. The number of amides is 2. The number of hydrogen-bond donors (Lipinski definition) is 0. The van der Waals surface area contributed by atoms with Crippen LogP contribution in [0, 0.1) is 0 Å². The maximum absolute atomic E-state index is 13.7. The van der Waals surface area contributed by atoms with E-state index in [-0.39, 0.29) is 11.8 Å². The Labute approximate surface area is 193 Å². The monoisotopic (exact) mass is 439 g/mol. The Balaban J connectivity index is 1.49. The Hall–Kier alpha value is -4.06. The Morgan fingerprint density at radius 1 is 0.667 bits per heavy atom. The summed E-state index contributed by atoms with van der Waals surface area (Å²) in [6.07, 6.45) is 0. The molecule has 2 heterocycles. The molecule has 3 aromatic rings. The van der Waals surface area contributed by atoms with Crippen LogP contribution in [0.5, 0.6) is 5.75 Å². The summed E-state index contributed by atoms with van der Waals surface area (Å²) in [6.45, 7) is 2.86. The van der Waals surface area contributed by atoms with Gasteiger partial charge in [-0.3, -0.25) is 9.59 Å². The highest BCUT2D eigenvalue weighted by Crippen LogP contribution is 2.36. The van der Waals surface area contributed by atoms with E-state index in [2.05, 4.69) is 21.9 Å². The summed E-state index contributed by atoms with van der Waals surface area (Å²) in [6, 6.07) is 26.8. The molecule has 2 amide bonds. The predicted molar refractivity (Wildman–Crippen MR) is 129 cm³/mol. The normalized spacial score (nSPS) is 16.6. The van der Waals surface area contributed by atoms with Crippen LogP contribution in [0.15, 0.2) is 90.6 Å². The molecule has 33 heavy (non-hydrogen) atoms. The van der Waals surface area contributed by atoms with E-state index in [1.165, 1.54) is 10.6 Å². The third-order valence-electron chi connectivity index (χ3n) is 6.15. The largest absolute Gasteiger partial charge is 0.497 e. The zero-order valence-electron chi connectivity index (χ0n) is 18.5. The number of nitrogens with zero attached hydrogens (tertiary/aromatic N) is 3. The van der Waals surface area contributed by atoms with Crippen molar-refractivity contribution in [2.75, 3.05) is 43.1 Å². The van der Waals surface area contributed by atoms with E-state index < -0.39 is 0 Å². The number of imide groups is 1. The third-order valence-corrected chi connectivity index (χ3v) is 6.15. The molecule has 166 valence electrons. The van der Waals surface area contributed by atoms with Gasteiger partial charge >= 0.3 is 0 Å². The van der Waals surface area contributed by atoms with Crippen LogP contribution in [0.2, 0.25) is 0 Å². The molecule has 0 atom stereocenters. The van der Waals surface area contributed by atoms with E-state index in [9.17, 15) is 9.59 Å². The Morgan fingerprint density at radius 3 is 1.94 bits per heavy atom. The van der Waals surface area contributed by atoms with Gasteiger partial charge in [-0.15, -0.1) is 0 Å². The van der Waals surface area contributed by atoms with Gasteiger partial charge in [0.15, 0.2) is 0 Å². The SMILES string of the molecule is COc1cccc(N2C(=O)C(c3ccccc3)=C(N3CCN(c4ccccc4)CC3)C2=O)c1. The summed E-state index contributed by atoms with van der Waals surface area (Å²) in [5.41, 5.74) is 3.36. The first-order valence-electron chi connectivity index (χ1n) is 11.0. The number of para-hydroxylation sites is 1. The van der Waals surface area contributed by atoms with Crippen LogP contribution in [0.4, 0.5) is 11.4 Å². The lowest BCUT2D eigenvalue weighted by atomic mass is 10.0. The van der Waals surface area contributed by atoms with Gasteiger partial charge in [-0.25, -0.2) is 4.90 Å². The van der Waals surface area contributed by atoms with Crippen LogP contribution < -0.4 is 14.5 Å². The molecule has 0 unspecified atom stereocenters. The van der Waals surface area contributed by atoms with Gasteiger partial charge in [-0.2, -0.15) is 0 Å². The van der Waals surface area contributed by atoms with Gasteiger partial charge < -0.3 is 14.5 Å². The zero-order valence-corrected chi connectivity index (χ0v) is 18.5. The fourth-order valence-corrected chi connectivity index (χ4v) is 4.49. The second-order valence-electron chi connectivity index (χ2n) is 8.05. The first-order chi connectivity index (χ1) is 16.2. The van der Waals surface area contributed by atoms with E-state index in [1.54, 1.807) is 31.4 Å². The fourth-order valence-electron chi connectivity index (χ4n) is 4.49. The van der Waals surface area contributed by atoms with Gasteiger partial charge in [0.2, 0.25) is 0 Å². The average molecular weight is 440 g/mol. The maximum atomic E-state index is 13.7. The maximum Gasteiger partial charge on any atom is 0.282 e. The number of rotatable bonds is 5. The highest BCUT2D eigenvalue weighted by atomic mass is 16.5. The van der Waals surface area contributed by atoms with Gasteiger partial charge in [-0.05, 0) is 29.8 Å². The lowest BCUT2D eigenvalue weighted by molar-refractivity contribution is -0.120. The second kappa shape index (κ2) is 8.82. The molecule has 1 saturated heterocycles. The lowest BCUT2D eigenvalue weighted by Gasteiger charge is -2.37. The molecule has 3 aromatic carbocycles. The number of anilines is 2. The summed E-state index contributed by atoms with van der Waals surface area (Å²) in [4.78, 5) is 33.0. The Kier molecular flexibility index (Phi) is 5.57. The smallest absolute Gasteiger partial charge is 0.282 e. The van der Waals surface area contributed by atoms with Crippen LogP contribution >= 0.6 is 0 Å². The highest BCUT2D eigenvalue weighted by molar-refractivity contribution is 6.45. The topological polar surface area (TPSA) is 53.1 Å².